The summed E-state index contributed by atoms with van der Waals surface area (Å²) >= 11 is 0. The molecule has 0 aliphatic carbocycles. The third-order valence-corrected chi connectivity index (χ3v) is 4.29. The summed E-state index contributed by atoms with van der Waals surface area (Å²) in [4.78, 5) is 4.60. The van der Waals surface area contributed by atoms with Crippen LogP contribution in [0.5, 0.6) is 5.88 Å². The van der Waals surface area contributed by atoms with E-state index in [0.717, 1.165) is 24.2 Å². The Morgan fingerprint density at radius 3 is 2.63 bits per heavy atom. The highest BCUT2D eigenvalue weighted by Crippen LogP contribution is 2.29. The Bertz CT molecular complexity index is 586. The number of fused-ring (bicyclic) bond motifs is 3. The molecule has 1 N–H and O–H groups in total. The zero-order chi connectivity index (χ0) is 12.7. The highest BCUT2D eigenvalue weighted by atomic mass is 16.5. The van der Waals surface area contributed by atoms with Gasteiger partial charge in [0, 0.05) is 23.5 Å². The number of benzene rings is 1. The van der Waals surface area contributed by atoms with Crippen LogP contribution >= 0.6 is 0 Å². The Balaban J connectivity index is 1.54. The predicted molar refractivity (Wildman–Crippen MR) is 75.3 cm³/mol. The second-order valence-electron chi connectivity index (χ2n) is 5.69. The lowest BCUT2D eigenvalue weighted by atomic mass is 10.0. The first-order valence-corrected chi connectivity index (χ1v) is 7.15. The fourth-order valence-corrected chi connectivity index (χ4v) is 3.39. The first kappa shape index (κ1) is 11.2. The number of para-hydroxylation sites is 1. The third-order valence-electron chi connectivity index (χ3n) is 4.29. The first-order valence-electron chi connectivity index (χ1n) is 7.15. The van der Waals surface area contributed by atoms with Crippen LogP contribution in [-0.4, -0.2) is 23.2 Å². The zero-order valence-electron chi connectivity index (χ0n) is 10.9. The lowest BCUT2D eigenvalue weighted by Crippen LogP contribution is -2.42. The van der Waals surface area contributed by atoms with Crippen LogP contribution in [-0.2, 0) is 0 Å². The Kier molecular flexibility index (Phi) is 2.66. The molecule has 98 valence electrons. The second kappa shape index (κ2) is 4.49. The number of hydrogen-bond acceptors (Lipinski definition) is 3. The van der Waals surface area contributed by atoms with E-state index in [1.807, 2.05) is 24.3 Å². The quantitative estimate of drug-likeness (QED) is 0.894. The van der Waals surface area contributed by atoms with Gasteiger partial charge in [-0.1, -0.05) is 18.2 Å². The van der Waals surface area contributed by atoms with E-state index in [1.165, 1.54) is 18.2 Å². The van der Waals surface area contributed by atoms with Crippen molar-refractivity contribution in [2.45, 2.75) is 43.9 Å². The zero-order valence-corrected chi connectivity index (χ0v) is 10.9. The van der Waals surface area contributed by atoms with Gasteiger partial charge < -0.3 is 10.1 Å². The van der Waals surface area contributed by atoms with Gasteiger partial charge in [-0.2, -0.15) is 0 Å². The predicted octanol–water partition coefficient (Wildman–Crippen LogP) is 2.90. The van der Waals surface area contributed by atoms with Gasteiger partial charge in [-0.3, -0.25) is 0 Å². The summed E-state index contributed by atoms with van der Waals surface area (Å²) in [7, 11) is 0. The number of nitrogens with zero attached hydrogens (tertiary/aromatic N) is 1. The van der Waals surface area contributed by atoms with Crippen molar-refractivity contribution in [1.82, 2.24) is 10.3 Å². The summed E-state index contributed by atoms with van der Waals surface area (Å²) in [5.41, 5.74) is 1.01. The number of rotatable bonds is 2. The average molecular weight is 254 g/mol. The molecule has 2 bridgehead atoms. The van der Waals surface area contributed by atoms with Crippen LogP contribution in [0.25, 0.3) is 10.9 Å². The molecular formula is C16H18N2O. The average Bonchev–Trinajstić information content (AvgIpc) is 2.78. The van der Waals surface area contributed by atoms with Crippen LogP contribution in [0.3, 0.4) is 0 Å². The SMILES string of the molecule is c1ccc2nc(OC3C[C@H]4CC[C@@H](C3)N4)ccc2c1. The minimum atomic E-state index is 0.326. The van der Waals surface area contributed by atoms with E-state index in [0.29, 0.717) is 18.2 Å². The van der Waals surface area contributed by atoms with Crippen molar-refractivity contribution in [2.75, 3.05) is 0 Å². The summed E-state index contributed by atoms with van der Waals surface area (Å²) < 4.78 is 6.09. The van der Waals surface area contributed by atoms with Crippen molar-refractivity contribution in [2.24, 2.45) is 0 Å². The normalized spacial score (nSPS) is 29.6. The highest BCUT2D eigenvalue weighted by molar-refractivity contribution is 5.78. The molecular weight excluding hydrogens is 236 g/mol. The van der Waals surface area contributed by atoms with Crippen LogP contribution in [0.2, 0.25) is 0 Å². The molecule has 4 rings (SSSR count). The minimum absolute atomic E-state index is 0.326. The maximum Gasteiger partial charge on any atom is 0.214 e. The summed E-state index contributed by atoms with van der Waals surface area (Å²) in [5.74, 6) is 0.769. The molecule has 1 aromatic carbocycles. The van der Waals surface area contributed by atoms with Crippen LogP contribution in [0, 0.1) is 0 Å². The van der Waals surface area contributed by atoms with Gasteiger partial charge in [0.2, 0.25) is 5.88 Å². The Morgan fingerprint density at radius 2 is 1.79 bits per heavy atom. The van der Waals surface area contributed by atoms with E-state index in [-0.39, 0.29) is 0 Å². The summed E-state index contributed by atoms with van der Waals surface area (Å²) in [6, 6.07) is 13.6. The Labute approximate surface area is 113 Å². The van der Waals surface area contributed by atoms with Gasteiger partial charge in [-0.15, -0.1) is 0 Å². The molecule has 0 radical (unpaired) electrons. The van der Waals surface area contributed by atoms with Crippen molar-refractivity contribution < 1.29 is 4.74 Å². The third kappa shape index (κ3) is 2.19. The standard InChI is InChI=1S/C16H18N2O/c1-2-4-15-11(3-1)5-8-16(18-15)19-14-9-12-6-7-13(10-14)17-12/h1-5,8,12-14,17H,6-7,9-10H2/t12-,13+,14?. The molecule has 2 saturated heterocycles. The molecule has 2 aliphatic heterocycles. The molecule has 2 aromatic rings. The number of piperidine rings is 1. The lowest BCUT2D eigenvalue weighted by molar-refractivity contribution is 0.132. The van der Waals surface area contributed by atoms with Crippen molar-refractivity contribution >= 4 is 10.9 Å². The molecule has 0 spiro atoms. The van der Waals surface area contributed by atoms with E-state index >= 15 is 0 Å². The van der Waals surface area contributed by atoms with E-state index in [1.54, 1.807) is 0 Å². The molecule has 3 heteroatoms. The van der Waals surface area contributed by atoms with Gasteiger partial charge in [0.15, 0.2) is 0 Å². The molecule has 1 aromatic heterocycles. The van der Waals surface area contributed by atoms with E-state index in [4.69, 9.17) is 4.74 Å². The van der Waals surface area contributed by atoms with E-state index in [9.17, 15) is 0 Å². The van der Waals surface area contributed by atoms with E-state index < -0.39 is 0 Å². The van der Waals surface area contributed by atoms with Gasteiger partial charge in [-0.05, 0) is 37.8 Å². The number of ether oxygens (including phenoxy) is 1. The van der Waals surface area contributed by atoms with Gasteiger partial charge in [0.25, 0.3) is 0 Å². The maximum absolute atomic E-state index is 6.09. The van der Waals surface area contributed by atoms with Gasteiger partial charge in [-0.25, -0.2) is 4.98 Å². The first-order chi connectivity index (χ1) is 9.37. The largest absolute Gasteiger partial charge is 0.474 e. The molecule has 3 atom stereocenters. The molecule has 1 unspecified atom stereocenters. The lowest BCUT2D eigenvalue weighted by Gasteiger charge is -2.29. The monoisotopic (exact) mass is 254 g/mol. The smallest absolute Gasteiger partial charge is 0.214 e. The molecule has 2 aliphatic rings. The molecule has 2 fully saturated rings. The van der Waals surface area contributed by atoms with Gasteiger partial charge >= 0.3 is 0 Å². The van der Waals surface area contributed by atoms with Crippen molar-refractivity contribution in [1.29, 1.82) is 0 Å². The highest BCUT2D eigenvalue weighted by Gasteiger charge is 2.34. The molecule has 0 amide bonds. The molecule has 19 heavy (non-hydrogen) atoms. The van der Waals surface area contributed by atoms with Crippen molar-refractivity contribution in [3.8, 4) is 5.88 Å². The molecule has 3 nitrogen and oxygen atoms in total. The second-order valence-corrected chi connectivity index (χ2v) is 5.69. The van der Waals surface area contributed by atoms with Gasteiger partial charge in [0.05, 0.1) is 5.52 Å². The Hall–Kier alpha value is -1.61. The maximum atomic E-state index is 6.09. The van der Waals surface area contributed by atoms with Crippen LogP contribution in [0.15, 0.2) is 36.4 Å². The number of pyridine rings is 1. The number of nitrogens with one attached hydrogen (secondary N) is 1. The summed E-state index contributed by atoms with van der Waals surface area (Å²) in [6.07, 6.45) is 5.16. The van der Waals surface area contributed by atoms with E-state index in [2.05, 4.69) is 22.4 Å². The topological polar surface area (TPSA) is 34.1 Å². The fourth-order valence-electron chi connectivity index (χ4n) is 3.39. The van der Waals surface area contributed by atoms with Crippen molar-refractivity contribution in [3.63, 3.8) is 0 Å². The number of aromatic nitrogens is 1. The van der Waals surface area contributed by atoms with Crippen LogP contribution in [0.4, 0.5) is 0 Å². The molecule has 3 heterocycles. The summed E-state index contributed by atoms with van der Waals surface area (Å²) in [5, 5.41) is 4.80. The van der Waals surface area contributed by atoms with Crippen molar-refractivity contribution in [3.05, 3.63) is 36.4 Å². The fraction of sp³-hybridized carbons (Fsp3) is 0.438. The van der Waals surface area contributed by atoms with Crippen LogP contribution < -0.4 is 10.1 Å². The Morgan fingerprint density at radius 1 is 1.00 bits per heavy atom. The van der Waals surface area contributed by atoms with Crippen LogP contribution in [0.1, 0.15) is 25.7 Å². The number of hydrogen-bond donors (Lipinski definition) is 1. The molecule has 0 saturated carbocycles. The minimum Gasteiger partial charge on any atom is -0.474 e. The summed E-state index contributed by atoms with van der Waals surface area (Å²) in [6.45, 7) is 0. The van der Waals surface area contributed by atoms with Gasteiger partial charge in [0.1, 0.15) is 6.10 Å².